The highest BCUT2D eigenvalue weighted by Crippen LogP contribution is 2.80. The van der Waals surface area contributed by atoms with Crippen LogP contribution in [0.5, 0.6) is 0 Å². The fourth-order valence-corrected chi connectivity index (χ4v) is 9.70. The van der Waals surface area contributed by atoms with E-state index in [0.29, 0.717) is 18.2 Å². The van der Waals surface area contributed by atoms with Gasteiger partial charge in [0.2, 0.25) is 0 Å². The summed E-state index contributed by atoms with van der Waals surface area (Å²) in [6.45, 7) is 7.78. The van der Waals surface area contributed by atoms with Crippen LogP contribution in [0.2, 0.25) is 24.7 Å². The molecule has 1 aliphatic heterocycles. The Morgan fingerprint density at radius 1 is 1.04 bits per heavy atom. The molecule has 0 saturated heterocycles. The Labute approximate surface area is 153 Å². The minimum atomic E-state index is -1.57. The van der Waals surface area contributed by atoms with Crippen LogP contribution < -0.4 is 11.4 Å². The largest absolute Gasteiger partial charge is 0.352 e. The molecule has 0 amide bonds. The third-order valence-corrected chi connectivity index (χ3v) is 10.4. The highest BCUT2D eigenvalue weighted by Gasteiger charge is 2.72. The van der Waals surface area contributed by atoms with Gasteiger partial charge in [-0.25, -0.2) is 23.5 Å². The predicted octanol–water partition coefficient (Wildman–Crippen LogP) is 3.17. The first kappa shape index (κ1) is 16.1. The van der Waals surface area contributed by atoms with Crippen molar-refractivity contribution < 1.29 is 0 Å². The summed E-state index contributed by atoms with van der Waals surface area (Å²) in [4.78, 5) is 26.5. The highest BCUT2D eigenvalue weighted by molar-refractivity contribution is 6.81. The van der Waals surface area contributed by atoms with Crippen molar-refractivity contribution in [2.75, 3.05) is 0 Å². The second kappa shape index (κ2) is 5.00. The van der Waals surface area contributed by atoms with Gasteiger partial charge in [0.15, 0.2) is 0 Å². The zero-order valence-corrected chi connectivity index (χ0v) is 16.6. The summed E-state index contributed by atoms with van der Waals surface area (Å²) in [6.07, 6.45) is 5.64. The van der Waals surface area contributed by atoms with Crippen LogP contribution in [0, 0.1) is 5.92 Å². The highest BCUT2D eigenvalue weighted by atomic mass is 28.3. The molecule has 0 spiro atoms. The molecule has 3 aliphatic rings. The summed E-state index contributed by atoms with van der Waals surface area (Å²) in [5, 5.41) is 0.155. The van der Waals surface area contributed by atoms with Crippen LogP contribution in [0.1, 0.15) is 25.3 Å². The van der Waals surface area contributed by atoms with Crippen LogP contribution in [0.25, 0.3) is 5.69 Å². The quantitative estimate of drug-likeness (QED) is 0.605. The van der Waals surface area contributed by atoms with Gasteiger partial charge in [-0.2, -0.15) is 0 Å². The number of nitrogens with zero attached hydrogens (tertiary/aromatic N) is 3. The molecule has 1 aromatic heterocycles. The standard InChI is InChI=1S/C20H25N3O2Si/c1-26(2,3)20-15-10-7-11-17(20)23-19(25)22(14-8-5-4-6-9-14)18(24)21(23)13-12-16(15)20/h4-6,8-9,12,15,17H,7,10-11,13H2,1-3H3/t15-,17-,20+/m1/s1. The Bertz CT molecular complexity index is 1040. The molecule has 1 aromatic carbocycles. The Morgan fingerprint density at radius 2 is 1.77 bits per heavy atom. The third-order valence-electron chi connectivity index (χ3n) is 6.91. The van der Waals surface area contributed by atoms with Gasteiger partial charge in [0.25, 0.3) is 0 Å². The zero-order chi connectivity index (χ0) is 18.3. The lowest BCUT2D eigenvalue weighted by atomic mass is 9.95. The maximum absolute atomic E-state index is 13.4. The van der Waals surface area contributed by atoms with Crippen LogP contribution in [0.3, 0.4) is 0 Å². The summed E-state index contributed by atoms with van der Waals surface area (Å²) in [6, 6.07) is 9.44. The number of allylic oxidation sites excluding steroid dienone is 2. The van der Waals surface area contributed by atoms with Crippen LogP contribution in [0.4, 0.5) is 0 Å². The van der Waals surface area contributed by atoms with E-state index in [1.165, 1.54) is 11.0 Å². The van der Waals surface area contributed by atoms with Crippen molar-refractivity contribution in [2.45, 2.75) is 56.5 Å². The van der Waals surface area contributed by atoms with Crippen LogP contribution in [-0.2, 0) is 6.54 Å². The van der Waals surface area contributed by atoms with Crippen molar-refractivity contribution >= 4 is 8.07 Å². The number of para-hydroxylation sites is 1. The Balaban J connectivity index is 1.79. The lowest BCUT2D eigenvalue weighted by Gasteiger charge is -2.40. The van der Waals surface area contributed by atoms with Crippen molar-refractivity contribution in [3.63, 3.8) is 0 Å². The van der Waals surface area contributed by atoms with Gasteiger partial charge < -0.3 is 0 Å². The maximum Gasteiger partial charge on any atom is 0.352 e. The smallest absolute Gasteiger partial charge is 0.245 e. The number of hydrogen-bond acceptors (Lipinski definition) is 2. The van der Waals surface area contributed by atoms with E-state index in [4.69, 9.17) is 0 Å². The fourth-order valence-electron chi connectivity index (χ4n) is 6.02. The molecule has 2 heterocycles. The van der Waals surface area contributed by atoms with Crippen molar-refractivity contribution in [1.29, 1.82) is 0 Å². The monoisotopic (exact) mass is 367 g/mol. The Morgan fingerprint density at radius 3 is 2.46 bits per heavy atom. The Hall–Kier alpha value is -2.08. The van der Waals surface area contributed by atoms with Crippen molar-refractivity contribution in [3.05, 3.63) is 62.9 Å². The molecule has 136 valence electrons. The first-order valence-corrected chi connectivity index (χ1v) is 13.1. The molecule has 0 bridgehead atoms. The number of hydrogen-bond donors (Lipinski definition) is 0. The molecular weight excluding hydrogens is 342 g/mol. The second-order valence-corrected chi connectivity index (χ2v) is 14.3. The molecule has 0 unspecified atom stereocenters. The van der Waals surface area contributed by atoms with Crippen LogP contribution in [-0.4, -0.2) is 22.0 Å². The van der Waals surface area contributed by atoms with E-state index in [2.05, 4.69) is 25.7 Å². The van der Waals surface area contributed by atoms with E-state index >= 15 is 0 Å². The van der Waals surface area contributed by atoms with Gasteiger partial charge in [0.1, 0.15) is 0 Å². The van der Waals surface area contributed by atoms with Gasteiger partial charge in [-0.3, -0.25) is 0 Å². The van der Waals surface area contributed by atoms with E-state index in [1.54, 1.807) is 10.3 Å². The molecule has 2 aliphatic carbocycles. The molecule has 0 N–H and O–H groups in total. The van der Waals surface area contributed by atoms with Gasteiger partial charge >= 0.3 is 11.4 Å². The number of fused-ring (bicyclic) bond motifs is 3. The minimum Gasteiger partial charge on any atom is -0.245 e. The lowest BCUT2D eigenvalue weighted by molar-refractivity contribution is 0.275. The van der Waals surface area contributed by atoms with Gasteiger partial charge in [-0.05, 0) is 30.9 Å². The van der Waals surface area contributed by atoms with Gasteiger partial charge in [-0.1, -0.05) is 55.9 Å². The summed E-state index contributed by atoms with van der Waals surface area (Å²) in [5.41, 5.74) is 1.81. The Kier molecular flexibility index (Phi) is 3.10. The molecule has 5 rings (SSSR count). The first-order chi connectivity index (χ1) is 12.4. The predicted molar refractivity (Wildman–Crippen MR) is 105 cm³/mol. The molecule has 3 atom stereocenters. The van der Waals surface area contributed by atoms with E-state index in [-0.39, 0.29) is 22.5 Å². The van der Waals surface area contributed by atoms with Crippen LogP contribution in [0.15, 0.2) is 51.6 Å². The third kappa shape index (κ3) is 1.76. The molecule has 6 heteroatoms. The summed E-state index contributed by atoms with van der Waals surface area (Å²) < 4.78 is 4.86. The van der Waals surface area contributed by atoms with Crippen LogP contribution >= 0.6 is 0 Å². The molecule has 2 aromatic rings. The summed E-state index contributed by atoms with van der Waals surface area (Å²) in [7, 11) is -1.57. The second-order valence-electron chi connectivity index (χ2n) is 8.94. The van der Waals surface area contributed by atoms with Gasteiger partial charge in [0, 0.05) is 5.04 Å². The zero-order valence-electron chi connectivity index (χ0n) is 15.6. The summed E-state index contributed by atoms with van der Waals surface area (Å²) >= 11 is 0. The fraction of sp³-hybridized carbons (Fsp3) is 0.500. The average molecular weight is 368 g/mol. The molecule has 26 heavy (non-hydrogen) atoms. The number of benzene rings is 1. The van der Waals surface area contributed by atoms with Crippen molar-refractivity contribution in [3.8, 4) is 5.69 Å². The van der Waals surface area contributed by atoms with Gasteiger partial charge in [0.05, 0.1) is 26.3 Å². The minimum absolute atomic E-state index is 0.131. The molecule has 2 fully saturated rings. The molecule has 5 nitrogen and oxygen atoms in total. The molecule has 2 saturated carbocycles. The first-order valence-electron chi connectivity index (χ1n) is 9.59. The van der Waals surface area contributed by atoms with Crippen molar-refractivity contribution in [2.24, 2.45) is 5.92 Å². The lowest BCUT2D eigenvalue weighted by Crippen LogP contribution is -2.43. The van der Waals surface area contributed by atoms with Gasteiger partial charge in [-0.15, -0.1) is 0 Å². The average Bonchev–Trinajstić information content (AvgIpc) is 3.26. The van der Waals surface area contributed by atoms with Crippen molar-refractivity contribution in [1.82, 2.24) is 13.9 Å². The molecular formula is C20H25N3O2Si. The van der Waals surface area contributed by atoms with E-state index in [0.717, 1.165) is 12.8 Å². The SMILES string of the molecule is C[Si](C)(C)[C@@]12C3=CCn4c(=O)n(-c5ccccc5)c(=O)n4[C@@H]1CCC[C@H]32. The topological polar surface area (TPSA) is 48.9 Å². The van der Waals surface area contributed by atoms with E-state index < -0.39 is 8.07 Å². The normalized spacial score (nSPS) is 29.4. The van der Waals surface area contributed by atoms with E-state index in [1.807, 2.05) is 35.0 Å². The number of aromatic nitrogens is 3. The summed E-state index contributed by atoms with van der Waals surface area (Å²) in [5.74, 6) is 0.628. The maximum atomic E-state index is 13.4. The van der Waals surface area contributed by atoms with E-state index in [9.17, 15) is 9.59 Å². The number of rotatable bonds is 2. The molecule has 0 radical (unpaired) electrons.